The van der Waals surface area contributed by atoms with Gasteiger partial charge in [0.2, 0.25) is 0 Å². The van der Waals surface area contributed by atoms with Gasteiger partial charge in [0.15, 0.2) is 0 Å². The molecule has 30 heavy (non-hydrogen) atoms. The van der Waals surface area contributed by atoms with Crippen molar-refractivity contribution in [2.75, 3.05) is 10.6 Å². The molecule has 0 spiro atoms. The van der Waals surface area contributed by atoms with E-state index in [9.17, 15) is 14.4 Å². The van der Waals surface area contributed by atoms with Gasteiger partial charge in [-0.1, -0.05) is 24.3 Å². The molecule has 152 valence electrons. The largest absolute Gasteiger partial charge is 0.427 e. The van der Waals surface area contributed by atoms with Gasteiger partial charge in [-0.3, -0.25) is 14.4 Å². The van der Waals surface area contributed by atoms with E-state index >= 15 is 0 Å². The molecule has 0 heterocycles. The van der Waals surface area contributed by atoms with Gasteiger partial charge in [-0.05, 0) is 67.4 Å². The second kappa shape index (κ2) is 9.05. The van der Waals surface area contributed by atoms with Crippen LogP contribution in [0.15, 0.2) is 66.7 Å². The van der Waals surface area contributed by atoms with Gasteiger partial charge in [0.1, 0.15) is 5.75 Å². The molecule has 0 aliphatic rings. The molecule has 3 aromatic rings. The van der Waals surface area contributed by atoms with Crippen LogP contribution in [0, 0.1) is 13.8 Å². The molecular formula is C24H22N2O4. The van der Waals surface area contributed by atoms with E-state index in [2.05, 4.69) is 10.6 Å². The van der Waals surface area contributed by atoms with E-state index in [1.165, 1.54) is 13.0 Å². The molecule has 0 saturated carbocycles. The maximum atomic E-state index is 12.7. The van der Waals surface area contributed by atoms with Gasteiger partial charge in [-0.25, -0.2) is 0 Å². The van der Waals surface area contributed by atoms with Crippen LogP contribution in [-0.2, 0) is 4.79 Å². The number of benzene rings is 3. The van der Waals surface area contributed by atoms with Crippen molar-refractivity contribution in [3.8, 4) is 5.75 Å². The summed E-state index contributed by atoms with van der Waals surface area (Å²) >= 11 is 0. The lowest BCUT2D eigenvalue weighted by atomic mass is 10.1. The van der Waals surface area contributed by atoms with Crippen molar-refractivity contribution in [3.05, 3.63) is 89.0 Å². The first kappa shape index (κ1) is 20.8. The minimum absolute atomic E-state index is 0.267. The van der Waals surface area contributed by atoms with Crippen molar-refractivity contribution in [2.45, 2.75) is 20.8 Å². The summed E-state index contributed by atoms with van der Waals surface area (Å²) < 4.78 is 5.02. The fraction of sp³-hybridized carbons (Fsp3) is 0.125. The molecule has 0 aliphatic heterocycles. The zero-order chi connectivity index (χ0) is 21.7. The lowest BCUT2D eigenvalue weighted by Gasteiger charge is -2.13. The molecule has 2 amide bonds. The summed E-state index contributed by atoms with van der Waals surface area (Å²) in [7, 11) is 0. The van der Waals surface area contributed by atoms with Crippen molar-refractivity contribution in [2.24, 2.45) is 0 Å². The van der Waals surface area contributed by atoms with E-state index in [1.54, 1.807) is 48.5 Å². The third-order valence-corrected chi connectivity index (χ3v) is 4.55. The van der Waals surface area contributed by atoms with E-state index in [1.807, 2.05) is 26.0 Å². The smallest absolute Gasteiger partial charge is 0.308 e. The van der Waals surface area contributed by atoms with Crippen LogP contribution in [0.1, 0.15) is 38.8 Å². The van der Waals surface area contributed by atoms with Gasteiger partial charge in [0.25, 0.3) is 11.8 Å². The third-order valence-electron chi connectivity index (χ3n) is 4.55. The normalized spacial score (nSPS) is 10.2. The topological polar surface area (TPSA) is 84.5 Å². The minimum atomic E-state index is -0.466. The zero-order valence-electron chi connectivity index (χ0n) is 17.0. The Bertz CT molecular complexity index is 1120. The number of esters is 1. The number of aryl methyl sites for hydroxylation is 2. The number of anilines is 2. The predicted octanol–water partition coefficient (Wildman–Crippen LogP) is 4.73. The number of carbonyl (C=O) groups is 3. The number of hydrogen-bond donors (Lipinski definition) is 2. The first-order valence-corrected chi connectivity index (χ1v) is 9.41. The van der Waals surface area contributed by atoms with Gasteiger partial charge in [-0.2, -0.15) is 0 Å². The molecule has 0 bridgehead atoms. The minimum Gasteiger partial charge on any atom is -0.427 e. The van der Waals surface area contributed by atoms with Crippen LogP contribution in [0.4, 0.5) is 11.4 Å². The summed E-state index contributed by atoms with van der Waals surface area (Å²) in [6.45, 7) is 5.23. The summed E-state index contributed by atoms with van der Waals surface area (Å²) in [5, 5.41) is 5.64. The lowest BCUT2D eigenvalue weighted by molar-refractivity contribution is -0.131. The van der Waals surface area contributed by atoms with E-state index < -0.39 is 11.9 Å². The standard InChI is InChI=1S/C24H22N2O4/c1-15-11-12-19(13-16(15)2)24(29)26-22-10-5-4-9-21(22)25-23(28)18-7-6-8-20(14-18)30-17(3)27/h4-14H,1-3H3,(H,25,28)(H,26,29). The van der Waals surface area contributed by atoms with Crippen LogP contribution in [0.3, 0.4) is 0 Å². The van der Waals surface area contributed by atoms with Crippen LogP contribution in [0.2, 0.25) is 0 Å². The lowest BCUT2D eigenvalue weighted by Crippen LogP contribution is -2.17. The van der Waals surface area contributed by atoms with E-state index in [4.69, 9.17) is 4.74 Å². The van der Waals surface area contributed by atoms with E-state index in [0.29, 0.717) is 22.5 Å². The molecule has 3 aromatic carbocycles. The number of rotatable bonds is 5. The number of hydrogen-bond acceptors (Lipinski definition) is 4. The molecule has 2 N–H and O–H groups in total. The highest BCUT2D eigenvalue weighted by Crippen LogP contribution is 2.24. The Kier molecular flexibility index (Phi) is 6.27. The van der Waals surface area contributed by atoms with Crippen LogP contribution in [-0.4, -0.2) is 17.8 Å². The molecule has 0 aromatic heterocycles. The van der Waals surface area contributed by atoms with Gasteiger partial charge in [0, 0.05) is 18.1 Å². The molecule has 3 rings (SSSR count). The maximum absolute atomic E-state index is 12.7. The average molecular weight is 402 g/mol. The number of carbonyl (C=O) groups excluding carboxylic acids is 3. The van der Waals surface area contributed by atoms with Crippen molar-refractivity contribution >= 4 is 29.2 Å². The third kappa shape index (κ3) is 5.11. The second-order valence-electron chi connectivity index (χ2n) is 6.87. The molecule has 0 aliphatic carbocycles. The van der Waals surface area contributed by atoms with Crippen LogP contribution in [0.5, 0.6) is 5.75 Å². The average Bonchev–Trinajstić information content (AvgIpc) is 2.71. The van der Waals surface area contributed by atoms with Crippen molar-refractivity contribution < 1.29 is 19.1 Å². The van der Waals surface area contributed by atoms with E-state index in [0.717, 1.165) is 11.1 Å². The Morgan fingerprint density at radius 2 is 1.30 bits per heavy atom. The number of para-hydroxylation sites is 2. The van der Waals surface area contributed by atoms with Crippen molar-refractivity contribution in [3.63, 3.8) is 0 Å². The highest BCUT2D eigenvalue weighted by molar-refractivity contribution is 6.10. The van der Waals surface area contributed by atoms with Gasteiger partial charge >= 0.3 is 5.97 Å². The van der Waals surface area contributed by atoms with Crippen LogP contribution >= 0.6 is 0 Å². The predicted molar refractivity (Wildman–Crippen MR) is 116 cm³/mol. The summed E-state index contributed by atoms with van der Waals surface area (Å²) in [5.41, 5.74) is 3.92. The van der Waals surface area contributed by atoms with Crippen molar-refractivity contribution in [1.82, 2.24) is 0 Å². The number of nitrogens with one attached hydrogen (secondary N) is 2. The Morgan fingerprint density at radius 1 is 0.700 bits per heavy atom. The molecule has 0 fully saturated rings. The summed E-state index contributed by atoms with van der Waals surface area (Å²) in [4.78, 5) is 36.5. The monoisotopic (exact) mass is 402 g/mol. The molecule has 0 radical (unpaired) electrons. The molecule has 0 saturated heterocycles. The zero-order valence-corrected chi connectivity index (χ0v) is 17.0. The summed E-state index contributed by atoms with van der Waals surface area (Å²) in [5.74, 6) is -0.841. The highest BCUT2D eigenvalue weighted by Gasteiger charge is 2.13. The molecule has 6 nitrogen and oxygen atoms in total. The SMILES string of the molecule is CC(=O)Oc1cccc(C(=O)Nc2ccccc2NC(=O)c2ccc(C)c(C)c2)c1. The fourth-order valence-electron chi connectivity index (χ4n) is 2.84. The van der Waals surface area contributed by atoms with Crippen LogP contribution < -0.4 is 15.4 Å². The Hall–Kier alpha value is -3.93. The second-order valence-corrected chi connectivity index (χ2v) is 6.87. The Morgan fingerprint density at radius 3 is 1.87 bits per heavy atom. The molecule has 0 atom stereocenters. The van der Waals surface area contributed by atoms with E-state index in [-0.39, 0.29) is 11.7 Å². The Balaban J connectivity index is 1.78. The van der Waals surface area contributed by atoms with Gasteiger partial charge in [-0.15, -0.1) is 0 Å². The van der Waals surface area contributed by atoms with Gasteiger partial charge in [0.05, 0.1) is 11.4 Å². The fourth-order valence-corrected chi connectivity index (χ4v) is 2.84. The molecule has 6 heteroatoms. The quantitative estimate of drug-likeness (QED) is 0.477. The number of amides is 2. The first-order chi connectivity index (χ1) is 14.3. The van der Waals surface area contributed by atoms with Gasteiger partial charge < -0.3 is 15.4 Å². The molecule has 0 unspecified atom stereocenters. The van der Waals surface area contributed by atoms with Crippen LogP contribution in [0.25, 0.3) is 0 Å². The highest BCUT2D eigenvalue weighted by atomic mass is 16.5. The summed E-state index contributed by atoms with van der Waals surface area (Å²) in [6.07, 6.45) is 0. The van der Waals surface area contributed by atoms with Crippen molar-refractivity contribution in [1.29, 1.82) is 0 Å². The summed E-state index contributed by atoms with van der Waals surface area (Å²) in [6, 6.07) is 18.7. The number of ether oxygens (including phenoxy) is 1. The Labute approximate surface area is 174 Å². The first-order valence-electron chi connectivity index (χ1n) is 9.41. The molecular weight excluding hydrogens is 380 g/mol. The maximum Gasteiger partial charge on any atom is 0.308 e.